The maximum Gasteiger partial charge on any atom is 0.260 e. The van der Waals surface area contributed by atoms with Crippen LogP contribution in [0.3, 0.4) is 0 Å². The Kier molecular flexibility index (Phi) is 6.08. The van der Waals surface area contributed by atoms with E-state index in [0.29, 0.717) is 24.9 Å². The fraction of sp³-hybridized carbons (Fsp3) is 0.700. The summed E-state index contributed by atoms with van der Waals surface area (Å²) in [7, 11) is -2.39. The van der Waals surface area contributed by atoms with Gasteiger partial charge in [0.05, 0.1) is 18.8 Å². The van der Waals surface area contributed by atoms with Gasteiger partial charge in [-0.3, -0.25) is 9.00 Å². The van der Waals surface area contributed by atoms with Gasteiger partial charge in [0.25, 0.3) is 5.91 Å². The molecule has 1 N–H and O–H groups in total. The Balaban J connectivity index is 1.61. The van der Waals surface area contributed by atoms with E-state index in [1.165, 1.54) is 6.33 Å². The molecule has 4 aliphatic rings. The first kappa shape index (κ1) is 20.6. The number of rotatable bonds is 2. The Hall–Kier alpha value is -1.71. The molecule has 3 aliphatic heterocycles. The monoisotopic (exact) mass is 422 g/mol. The fourth-order valence-corrected chi connectivity index (χ4v) is 5.66. The lowest BCUT2D eigenvalue weighted by molar-refractivity contribution is -0.140. The van der Waals surface area contributed by atoms with Crippen molar-refractivity contribution in [2.24, 2.45) is 0 Å². The standard InChI is InChI=1S/C20H30N4O4S/c1-29(2,26)23-17-4-3-9-24-18(17)11-27-15-7-5-14(6-8-15)16-10-21-13-22-20(16)28-12-19(24)25/h10,13-15,17-18H,1,3-9,11-12H2,2H3,(H,23,26)/t14?,15?,17-,18?,29?/m0/s1. The number of hydrogen-bond donors (Lipinski definition) is 1. The average Bonchev–Trinajstić information content (AvgIpc) is 2.71. The molecule has 1 aliphatic carbocycles. The first-order valence-electron chi connectivity index (χ1n) is 10.3. The van der Waals surface area contributed by atoms with Crippen molar-refractivity contribution in [3.63, 3.8) is 0 Å². The van der Waals surface area contributed by atoms with E-state index in [2.05, 4.69) is 20.6 Å². The van der Waals surface area contributed by atoms with Crippen LogP contribution in [0.2, 0.25) is 0 Å². The zero-order chi connectivity index (χ0) is 20.4. The first-order chi connectivity index (χ1) is 13.9. The molecule has 2 bridgehead atoms. The van der Waals surface area contributed by atoms with Crippen molar-refractivity contribution >= 4 is 21.5 Å². The molecule has 3 atom stereocenters. The second-order valence-electron chi connectivity index (χ2n) is 8.40. The molecule has 1 aromatic heterocycles. The van der Waals surface area contributed by atoms with Gasteiger partial charge in [-0.1, -0.05) is 0 Å². The van der Waals surface area contributed by atoms with Crippen LogP contribution in [0.4, 0.5) is 0 Å². The number of carbonyl (C=O) groups excluding carboxylic acids is 1. The van der Waals surface area contributed by atoms with Crippen molar-refractivity contribution in [1.29, 1.82) is 0 Å². The smallest absolute Gasteiger partial charge is 0.260 e. The first-order valence-corrected chi connectivity index (χ1v) is 12.5. The van der Waals surface area contributed by atoms with E-state index in [1.807, 2.05) is 11.1 Å². The third kappa shape index (κ3) is 4.90. The van der Waals surface area contributed by atoms with Crippen molar-refractivity contribution in [3.05, 3.63) is 18.1 Å². The van der Waals surface area contributed by atoms with Gasteiger partial charge in [-0.05, 0) is 50.3 Å². The summed E-state index contributed by atoms with van der Waals surface area (Å²) in [6.45, 7) is 0.997. The van der Waals surface area contributed by atoms with Gasteiger partial charge in [-0.2, -0.15) is 0 Å². The Morgan fingerprint density at radius 3 is 2.83 bits per heavy atom. The van der Waals surface area contributed by atoms with Crippen LogP contribution in [0.5, 0.6) is 5.88 Å². The van der Waals surface area contributed by atoms with Gasteiger partial charge in [0.1, 0.15) is 6.33 Å². The summed E-state index contributed by atoms with van der Waals surface area (Å²) in [6.07, 6.45) is 10.6. The molecule has 4 heterocycles. The number of carbonyl (C=O) groups is 1. The number of amides is 1. The normalized spacial score (nSPS) is 32.6. The maximum atomic E-state index is 13.0. The van der Waals surface area contributed by atoms with Crippen LogP contribution < -0.4 is 9.46 Å². The predicted octanol–water partition coefficient (Wildman–Crippen LogP) is 1.12. The topological polar surface area (TPSA) is 93.7 Å². The van der Waals surface area contributed by atoms with E-state index in [-0.39, 0.29) is 30.7 Å². The Morgan fingerprint density at radius 2 is 2.07 bits per heavy atom. The van der Waals surface area contributed by atoms with Gasteiger partial charge in [0, 0.05) is 40.3 Å². The summed E-state index contributed by atoms with van der Waals surface area (Å²) in [6, 6.07) is -0.301. The molecule has 2 fully saturated rings. The van der Waals surface area contributed by atoms with E-state index in [1.54, 1.807) is 6.26 Å². The molecule has 0 aromatic carbocycles. The fourth-order valence-electron chi connectivity index (χ4n) is 4.75. The van der Waals surface area contributed by atoms with Crippen LogP contribution in [-0.2, 0) is 19.2 Å². The SMILES string of the molecule is C=S(C)(=O)N[C@H]1CCCN2C(=O)COc3ncncc3C3CCC(CC3)OCC12. The van der Waals surface area contributed by atoms with Crippen molar-refractivity contribution in [2.75, 3.05) is 26.0 Å². The number of hydrogen-bond acceptors (Lipinski definition) is 6. The second-order valence-corrected chi connectivity index (χ2v) is 10.7. The molecule has 160 valence electrons. The third-order valence-electron chi connectivity index (χ3n) is 6.15. The number of nitrogens with zero attached hydrogens (tertiary/aromatic N) is 3. The van der Waals surface area contributed by atoms with Crippen molar-refractivity contribution in [2.45, 2.75) is 62.6 Å². The molecule has 0 spiro atoms. The highest BCUT2D eigenvalue weighted by atomic mass is 32.2. The summed E-state index contributed by atoms with van der Waals surface area (Å²) in [5.74, 6) is 4.47. The van der Waals surface area contributed by atoms with Gasteiger partial charge >= 0.3 is 0 Å². The van der Waals surface area contributed by atoms with Gasteiger partial charge in [-0.25, -0.2) is 14.7 Å². The Bertz CT molecular complexity index is 839. The van der Waals surface area contributed by atoms with E-state index in [0.717, 1.165) is 44.1 Å². The van der Waals surface area contributed by atoms with Crippen LogP contribution in [0.15, 0.2) is 12.5 Å². The van der Waals surface area contributed by atoms with E-state index in [9.17, 15) is 9.00 Å². The van der Waals surface area contributed by atoms with Crippen molar-refractivity contribution in [1.82, 2.24) is 19.6 Å². The Labute approximate surface area is 172 Å². The van der Waals surface area contributed by atoms with Crippen molar-refractivity contribution in [3.8, 4) is 5.88 Å². The minimum Gasteiger partial charge on any atom is -0.467 e. The summed E-state index contributed by atoms with van der Waals surface area (Å²) < 4.78 is 27.6. The number of ether oxygens (including phenoxy) is 2. The van der Waals surface area contributed by atoms with E-state index < -0.39 is 9.71 Å². The average molecular weight is 423 g/mol. The molecule has 2 unspecified atom stereocenters. The van der Waals surface area contributed by atoms with Gasteiger partial charge in [0.15, 0.2) is 6.61 Å². The largest absolute Gasteiger partial charge is 0.467 e. The van der Waals surface area contributed by atoms with Crippen LogP contribution >= 0.6 is 0 Å². The van der Waals surface area contributed by atoms with Gasteiger partial charge in [0.2, 0.25) is 5.88 Å². The molecule has 5 rings (SSSR count). The lowest BCUT2D eigenvalue weighted by Gasteiger charge is -2.42. The number of aromatic nitrogens is 2. The van der Waals surface area contributed by atoms with Crippen LogP contribution in [-0.4, -0.2) is 75.1 Å². The molecule has 9 heteroatoms. The predicted molar refractivity (Wildman–Crippen MR) is 111 cm³/mol. The maximum absolute atomic E-state index is 13.0. The highest BCUT2D eigenvalue weighted by Crippen LogP contribution is 2.37. The molecular formula is C20H30N4O4S. The lowest BCUT2D eigenvalue weighted by Crippen LogP contribution is -2.59. The number of piperidine rings is 1. The highest BCUT2D eigenvalue weighted by Gasteiger charge is 2.37. The molecule has 1 aromatic rings. The summed E-state index contributed by atoms with van der Waals surface area (Å²) in [4.78, 5) is 23.3. The van der Waals surface area contributed by atoms with Gasteiger partial charge < -0.3 is 14.4 Å². The van der Waals surface area contributed by atoms with E-state index in [4.69, 9.17) is 9.47 Å². The quantitative estimate of drug-likeness (QED) is 0.718. The summed E-state index contributed by atoms with van der Waals surface area (Å²) >= 11 is 0. The Morgan fingerprint density at radius 1 is 1.28 bits per heavy atom. The molecule has 8 nitrogen and oxygen atoms in total. The molecule has 1 saturated heterocycles. The number of fused-ring (bicyclic) bond motifs is 5. The molecule has 1 saturated carbocycles. The minimum atomic E-state index is -2.39. The second kappa shape index (κ2) is 8.57. The third-order valence-corrected chi connectivity index (χ3v) is 6.95. The van der Waals surface area contributed by atoms with Crippen LogP contribution in [0.1, 0.15) is 50.0 Å². The molecule has 29 heavy (non-hydrogen) atoms. The van der Waals surface area contributed by atoms with Crippen LogP contribution in [0, 0.1) is 0 Å². The summed E-state index contributed by atoms with van der Waals surface area (Å²) in [5.41, 5.74) is 0.982. The molecule has 1 amide bonds. The lowest BCUT2D eigenvalue weighted by atomic mass is 9.83. The number of nitrogens with one attached hydrogen (secondary N) is 1. The molecule has 0 radical (unpaired) electrons. The zero-order valence-electron chi connectivity index (χ0n) is 16.9. The summed E-state index contributed by atoms with van der Waals surface area (Å²) in [5, 5.41) is 0. The minimum absolute atomic E-state index is 0.0741. The zero-order valence-corrected chi connectivity index (χ0v) is 17.7. The highest BCUT2D eigenvalue weighted by molar-refractivity contribution is 7.97. The van der Waals surface area contributed by atoms with E-state index >= 15 is 0 Å². The molecular weight excluding hydrogens is 392 g/mol. The van der Waals surface area contributed by atoms with Gasteiger partial charge in [-0.15, -0.1) is 0 Å². The van der Waals surface area contributed by atoms with Crippen molar-refractivity contribution < 1.29 is 18.5 Å². The van der Waals surface area contributed by atoms with Crippen LogP contribution in [0.25, 0.3) is 0 Å².